The van der Waals surface area contributed by atoms with E-state index in [1.54, 1.807) is 27.5 Å². The van der Waals surface area contributed by atoms with Crippen LogP contribution in [-0.4, -0.2) is 45.2 Å². The first kappa shape index (κ1) is 20.1. The molecule has 0 atom stereocenters. The van der Waals surface area contributed by atoms with Crippen molar-refractivity contribution in [3.63, 3.8) is 0 Å². The van der Waals surface area contributed by atoms with Crippen molar-refractivity contribution in [3.8, 4) is 0 Å². The van der Waals surface area contributed by atoms with Gasteiger partial charge in [-0.3, -0.25) is 14.0 Å². The Morgan fingerprint density at radius 2 is 1.87 bits per heavy atom. The van der Waals surface area contributed by atoms with Crippen LogP contribution in [-0.2, 0) is 4.79 Å². The predicted octanol–water partition coefficient (Wildman–Crippen LogP) is 3.56. The third-order valence-electron chi connectivity index (χ3n) is 5.15. The molecule has 1 aromatic carbocycles. The fourth-order valence-corrected chi connectivity index (χ4v) is 3.81. The van der Waals surface area contributed by atoms with Crippen LogP contribution < -0.4 is 5.32 Å². The molecule has 1 aliphatic heterocycles. The molecule has 2 aromatic heterocycles. The van der Waals surface area contributed by atoms with E-state index in [1.165, 1.54) is 18.2 Å². The van der Waals surface area contributed by atoms with Crippen LogP contribution in [0.15, 0.2) is 54.7 Å². The number of carbonyl (C=O) groups is 2. The molecule has 2 amide bonds. The number of likely N-dealkylation sites (tertiary alicyclic amines) is 1. The lowest BCUT2D eigenvalue weighted by Gasteiger charge is -2.32. The fraction of sp³-hybridized carbons (Fsp3) is 0.227. The molecule has 1 aliphatic rings. The standard InChI is InChI=1S/C22H20ClFN4O2/c23-21-18(28-12-4-3-7-19(28)26-21)8-9-20(29)25-15-10-13-27(14-11-15)22(30)16-5-1-2-6-17(16)24/h1-9,12,15H,10-11,13-14H2,(H,25,29)/b9-8+. The number of nitrogens with zero attached hydrogens (tertiary/aromatic N) is 3. The van der Waals surface area contributed by atoms with Gasteiger partial charge in [0.15, 0.2) is 5.15 Å². The van der Waals surface area contributed by atoms with Gasteiger partial charge in [0.2, 0.25) is 5.91 Å². The zero-order valence-electron chi connectivity index (χ0n) is 16.1. The summed E-state index contributed by atoms with van der Waals surface area (Å²) < 4.78 is 15.6. The Morgan fingerprint density at radius 1 is 1.13 bits per heavy atom. The van der Waals surface area contributed by atoms with E-state index in [4.69, 9.17) is 11.6 Å². The van der Waals surface area contributed by atoms with Gasteiger partial charge in [0.1, 0.15) is 11.5 Å². The van der Waals surface area contributed by atoms with Gasteiger partial charge in [0, 0.05) is 31.4 Å². The monoisotopic (exact) mass is 426 g/mol. The Kier molecular flexibility index (Phi) is 5.81. The summed E-state index contributed by atoms with van der Waals surface area (Å²) in [5, 5.41) is 3.27. The number of imidazole rings is 1. The van der Waals surface area contributed by atoms with E-state index in [1.807, 2.05) is 24.4 Å². The van der Waals surface area contributed by atoms with Gasteiger partial charge in [-0.25, -0.2) is 9.37 Å². The van der Waals surface area contributed by atoms with Crippen molar-refractivity contribution in [2.24, 2.45) is 0 Å². The van der Waals surface area contributed by atoms with Crippen LogP contribution in [0.1, 0.15) is 28.9 Å². The lowest BCUT2D eigenvalue weighted by Crippen LogP contribution is -2.46. The maximum Gasteiger partial charge on any atom is 0.256 e. The molecule has 1 N–H and O–H groups in total. The quantitative estimate of drug-likeness (QED) is 0.649. The second-order valence-electron chi connectivity index (χ2n) is 7.10. The largest absolute Gasteiger partial charge is 0.350 e. The maximum atomic E-state index is 13.8. The normalized spacial score (nSPS) is 15.1. The third-order valence-corrected chi connectivity index (χ3v) is 5.43. The number of nitrogens with one attached hydrogen (secondary N) is 1. The number of rotatable bonds is 4. The van der Waals surface area contributed by atoms with Crippen LogP contribution in [0.4, 0.5) is 4.39 Å². The number of pyridine rings is 1. The van der Waals surface area contributed by atoms with E-state index in [2.05, 4.69) is 10.3 Å². The number of hydrogen-bond acceptors (Lipinski definition) is 3. The fourth-order valence-electron chi connectivity index (χ4n) is 3.57. The highest BCUT2D eigenvalue weighted by Gasteiger charge is 2.25. The average Bonchev–Trinajstić information content (AvgIpc) is 3.07. The van der Waals surface area contributed by atoms with E-state index in [0.29, 0.717) is 42.4 Å². The molecule has 0 spiro atoms. The van der Waals surface area contributed by atoms with Crippen molar-refractivity contribution in [2.75, 3.05) is 13.1 Å². The molecule has 0 radical (unpaired) electrons. The van der Waals surface area contributed by atoms with Crippen molar-refractivity contribution >= 4 is 35.1 Å². The van der Waals surface area contributed by atoms with Gasteiger partial charge >= 0.3 is 0 Å². The van der Waals surface area contributed by atoms with Crippen LogP contribution in [0.25, 0.3) is 11.7 Å². The minimum Gasteiger partial charge on any atom is -0.350 e. The first-order valence-corrected chi connectivity index (χ1v) is 10.1. The number of aromatic nitrogens is 2. The summed E-state index contributed by atoms with van der Waals surface area (Å²) in [7, 11) is 0. The molecule has 0 bridgehead atoms. The molecule has 0 saturated carbocycles. The Morgan fingerprint density at radius 3 is 2.63 bits per heavy atom. The van der Waals surface area contributed by atoms with E-state index in [-0.39, 0.29) is 23.4 Å². The highest BCUT2D eigenvalue weighted by Crippen LogP contribution is 2.19. The summed E-state index contributed by atoms with van der Waals surface area (Å²) in [5.41, 5.74) is 1.41. The predicted molar refractivity (Wildman–Crippen MR) is 113 cm³/mol. The third kappa shape index (κ3) is 4.21. The second kappa shape index (κ2) is 8.67. The minimum absolute atomic E-state index is 0.0514. The Hall–Kier alpha value is -3.19. The first-order chi connectivity index (χ1) is 14.5. The summed E-state index contributed by atoms with van der Waals surface area (Å²) in [6.45, 7) is 0.918. The van der Waals surface area contributed by atoms with Gasteiger partial charge < -0.3 is 10.2 Å². The van der Waals surface area contributed by atoms with E-state index in [9.17, 15) is 14.0 Å². The van der Waals surface area contributed by atoms with E-state index >= 15 is 0 Å². The molecule has 3 aromatic rings. The van der Waals surface area contributed by atoms with Gasteiger partial charge in [0.25, 0.3) is 5.91 Å². The van der Waals surface area contributed by atoms with Crippen LogP contribution in [0.2, 0.25) is 5.15 Å². The SMILES string of the molecule is O=C(/C=C/c1c(Cl)nc2ccccn12)NC1CCN(C(=O)c2ccccc2F)CC1. The molecule has 1 fully saturated rings. The molecular weight excluding hydrogens is 407 g/mol. The zero-order valence-corrected chi connectivity index (χ0v) is 16.8. The molecule has 0 aliphatic carbocycles. The number of carbonyl (C=O) groups excluding carboxylic acids is 2. The topological polar surface area (TPSA) is 66.7 Å². The number of hydrogen-bond donors (Lipinski definition) is 1. The van der Waals surface area contributed by atoms with E-state index < -0.39 is 5.82 Å². The lowest BCUT2D eigenvalue weighted by atomic mass is 10.0. The van der Waals surface area contributed by atoms with Gasteiger partial charge in [-0.15, -0.1) is 0 Å². The van der Waals surface area contributed by atoms with Crippen molar-refractivity contribution < 1.29 is 14.0 Å². The van der Waals surface area contributed by atoms with Crippen molar-refractivity contribution in [2.45, 2.75) is 18.9 Å². The Labute approximate surface area is 178 Å². The second-order valence-corrected chi connectivity index (χ2v) is 7.46. The number of halogens is 2. The summed E-state index contributed by atoms with van der Waals surface area (Å²) >= 11 is 6.17. The minimum atomic E-state index is -0.519. The van der Waals surface area contributed by atoms with Gasteiger partial charge in [-0.05, 0) is 43.2 Å². The van der Waals surface area contributed by atoms with Crippen LogP contribution in [0.5, 0.6) is 0 Å². The number of amides is 2. The van der Waals surface area contributed by atoms with Crippen molar-refractivity contribution in [3.05, 3.63) is 77.0 Å². The van der Waals surface area contributed by atoms with Gasteiger partial charge in [-0.2, -0.15) is 0 Å². The Bertz CT molecular complexity index is 1120. The molecule has 1 saturated heterocycles. The molecule has 3 heterocycles. The van der Waals surface area contributed by atoms with Crippen LogP contribution in [0, 0.1) is 5.82 Å². The lowest BCUT2D eigenvalue weighted by molar-refractivity contribution is -0.117. The van der Waals surface area contributed by atoms with E-state index in [0.717, 1.165) is 0 Å². The van der Waals surface area contributed by atoms with Crippen molar-refractivity contribution in [1.82, 2.24) is 19.6 Å². The van der Waals surface area contributed by atoms with Gasteiger partial charge in [0.05, 0.1) is 11.3 Å². The summed E-state index contributed by atoms with van der Waals surface area (Å²) in [4.78, 5) is 30.7. The average molecular weight is 427 g/mol. The maximum absolute atomic E-state index is 13.8. The van der Waals surface area contributed by atoms with Crippen molar-refractivity contribution in [1.29, 1.82) is 0 Å². The smallest absolute Gasteiger partial charge is 0.256 e. The molecule has 8 heteroatoms. The highest BCUT2D eigenvalue weighted by atomic mass is 35.5. The molecule has 154 valence electrons. The summed E-state index contributed by atoms with van der Waals surface area (Å²) in [6.07, 6.45) is 6.11. The zero-order chi connectivity index (χ0) is 21.1. The summed E-state index contributed by atoms with van der Waals surface area (Å²) in [5.74, 6) is -1.08. The molecule has 6 nitrogen and oxygen atoms in total. The Balaban J connectivity index is 1.33. The summed E-state index contributed by atoms with van der Waals surface area (Å²) in [6, 6.07) is 11.5. The number of piperidine rings is 1. The van der Waals surface area contributed by atoms with Gasteiger partial charge in [-0.1, -0.05) is 29.8 Å². The highest BCUT2D eigenvalue weighted by molar-refractivity contribution is 6.31. The molecule has 30 heavy (non-hydrogen) atoms. The number of benzene rings is 1. The molecule has 4 rings (SSSR count). The van der Waals surface area contributed by atoms with Crippen LogP contribution >= 0.6 is 11.6 Å². The first-order valence-electron chi connectivity index (χ1n) is 9.68. The number of fused-ring (bicyclic) bond motifs is 1. The molecular formula is C22H20ClFN4O2. The van der Waals surface area contributed by atoms with Crippen LogP contribution in [0.3, 0.4) is 0 Å². The molecule has 0 unspecified atom stereocenters.